The Balaban J connectivity index is 0.00000312. The Bertz CT molecular complexity index is 513. The number of aliphatic imine (C=N–C) groups is 1. The van der Waals surface area contributed by atoms with E-state index in [1.165, 1.54) is 25.7 Å². The van der Waals surface area contributed by atoms with Crippen LogP contribution < -0.4 is 10.6 Å². The number of hydrogen-bond donors (Lipinski definition) is 2. The average molecular weight is 464 g/mol. The number of aryl methyl sites for hydroxylation is 1. The van der Waals surface area contributed by atoms with Gasteiger partial charge in [-0.05, 0) is 38.5 Å². The van der Waals surface area contributed by atoms with E-state index in [-0.39, 0.29) is 24.0 Å². The first-order valence-corrected chi connectivity index (χ1v) is 9.12. The van der Waals surface area contributed by atoms with Crippen molar-refractivity contribution >= 4 is 29.9 Å². The molecule has 0 aromatic carbocycles. The molecule has 2 N–H and O–H groups in total. The summed E-state index contributed by atoms with van der Waals surface area (Å²) in [4.78, 5) is 8.87. The van der Waals surface area contributed by atoms with Gasteiger partial charge in [0.05, 0.1) is 0 Å². The molecule has 0 spiro atoms. The van der Waals surface area contributed by atoms with Crippen LogP contribution in [0.25, 0.3) is 0 Å². The molecular formula is C17H33IN6O. The molecule has 1 aliphatic rings. The van der Waals surface area contributed by atoms with Gasteiger partial charge in [-0.1, -0.05) is 12.8 Å². The largest absolute Gasteiger partial charge is 0.382 e. The number of aromatic nitrogens is 3. The van der Waals surface area contributed by atoms with Gasteiger partial charge in [0.2, 0.25) is 0 Å². The SMILES string of the molecule is CCNC(=NCc1ncnn1C)NCC1(CCOCC)CCCC1.I. The van der Waals surface area contributed by atoms with Gasteiger partial charge in [0.15, 0.2) is 5.96 Å². The molecule has 8 heteroatoms. The van der Waals surface area contributed by atoms with Crippen molar-refractivity contribution in [3.05, 3.63) is 12.2 Å². The number of halogens is 1. The number of rotatable bonds is 9. The molecule has 144 valence electrons. The van der Waals surface area contributed by atoms with Crippen molar-refractivity contribution in [1.82, 2.24) is 25.4 Å². The molecular weight excluding hydrogens is 431 g/mol. The first-order chi connectivity index (χ1) is 11.7. The van der Waals surface area contributed by atoms with E-state index in [9.17, 15) is 0 Å². The predicted molar refractivity (Wildman–Crippen MR) is 111 cm³/mol. The molecule has 0 saturated heterocycles. The van der Waals surface area contributed by atoms with Crippen LogP contribution in [0.1, 0.15) is 51.8 Å². The summed E-state index contributed by atoms with van der Waals surface area (Å²) in [5.74, 6) is 1.71. The number of ether oxygens (including phenoxy) is 1. The van der Waals surface area contributed by atoms with Gasteiger partial charge in [0.25, 0.3) is 0 Å². The summed E-state index contributed by atoms with van der Waals surface area (Å²) >= 11 is 0. The zero-order valence-corrected chi connectivity index (χ0v) is 18.1. The lowest BCUT2D eigenvalue weighted by molar-refractivity contribution is 0.105. The van der Waals surface area contributed by atoms with E-state index < -0.39 is 0 Å². The van der Waals surface area contributed by atoms with Crippen molar-refractivity contribution in [1.29, 1.82) is 0 Å². The summed E-state index contributed by atoms with van der Waals surface area (Å²) in [5.41, 5.74) is 0.343. The smallest absolute Gasteiger partial charge is 0.191 e. The summed E-state index contributed by atoms with van der Waals surface area (Å²) in [6.45, 7) is 8.11. The minimum atomic E-state index is 0. The lowest BCUT2D eigenvalue weighted by Gasteiger charge is -2.30. The maximum Gasteiger partial charge on any atom is 0.191 e. The lowest BCUT2D eigenvalue weighted by atomic mass is 9.83. The zero-order chi connectivity index (χ0) is 17.3. The van der Waals surface area contributed by atoms with E-state index in [1.54, 1.807) is 11.0 Å². The van der Waals surface area contributed by atoms with Crippen LogP contribution >= 0.6 is 24.0 Å². The lowest BCUT2D eigenvalue weighted by Crippen LogP contribution is -2.43. The monoisotopic (exact) mass is 464 g/mol. The number of hydrogen-bond acceptors (Lipinski definition) is 4. The van der Waals surface area contributed by atoms with Crippen molar-refractivity contribution in [3.8, 4) is 0 Å². The van der Waals surface area contributed by atoms with Crippen molar-refractivity contribution in [2.45, 2.75) is 52.5 Å². The molecule has 2 rings (SSSR count). The van der Waals surface area contributed by atoms with Gasteiger partial charge in [0, 0.05) is 33.4 Å². The van der Waals surface area contributed by atoms with Crippen LogP contribution in [0.5, 0.6) is 0 Å². The molecule has 25 heavy (non-hydrogen) atoms. The van der Waals surface area contributed by atoms with Crippen molar-refractivity contribution in [2.75, 3.05) is 26.3 Å². The minimum absolute atomic E-state index is 0. The third-order valence-electron chi connectivity index (χ3n) is 4.80. The zero-order valence-electron chi connectivity index (χ0n) is 15.8. The summed E-state index contributed by atoms with van der Waals surface area (Å²) in [6.07, 6.45) is 7.87. The minimum Gasteiger partial charge on any atom is -0.382 e. The normalized spacial score (nSPS) is 16.5. The molecule has 1 heterocycles. The Kier molecular flexibility index (Phi) is 10.3. The summed E-state index contributed by atoms with van der Waals surface area (Å²) in [7, 11) is 1.89. The fourth-order valence-corrected chi connectivity index (χ4v) is 3.30. The molecule has 7 nitrogen and oxygen atoms in total. The average Bonchev–Trinajstić information content (AvgIpc) is 3.20. The van der Waals surface area contributed by atoms with Crippen LogP contribution in [-0.2, 0) is 18.3 Å². The molecule has 1 saturated carbocycles. The highest BCUT2D eigenvalue weighted by Gasteiger charge is 2.33. The van der Waals surface area contributed by atoms with E-state index in [0.717, 1.165) is 44.5 Å². The first kappa shape index (κ1) is 22.1. The van der Waals surface area contributed by atoms with Gasteiger partial charge < -0.3 is 15.4 Å². The van der Waals surface area contributed by atoms with Crippen molar-refractivity contribution < 1.29 is 4.74 Å². The predicted octanol–water partition coefficient (Wildman–Crippen LogP) is 2.48. The fraction of sp³-hybridized carbons (Fsp3) is 0.824. The molecule has 0 amide bonds. The van der Waals surface area contributed by atoms with Crippen LogP contribution in [0.4, 0.5) is 0 Å². The summed E-state index contributed by atoms with van der Waals surface area (Å²) in [5, 5.41) is 10.9. The van der Waals surface area contributed by atoms with Crippen LogP contribution in [0, 0.1) is 5.41 Å². The second kappa shape index (κ2) is 11.7. The molecule has 0 unspecified atom stereocenters. The van der Waals surface area contributed by atoms with Gasteiger partial charge in [-0.2, -0.15) is 5.10 Å². The van der Waals surface area contributed by atoms with Gasteiger partial charge in [-0.3, -0.25) is 4.68 Å². The highest BCUT2D eigenvalue weighted by atomic mass is 127. The van der Waals surface area contributed by atoms with E-state index in [2.05, 4.69) is 39.6 Å². The second-order valence-electron chi connectivity index (χ2n) is 6.50. The quantitative estimate of drug-likeness (QED) is 0.254. The van der Waals surface area contributed by atoms with E-state index in [0.29, 0.717) is 12.0 Å². The highest BCUT2D eigenvalue weighted by Crippen LogP contribution is 2.40. The maximum atomic E-state index is 5.59. The molecule has 1 aromatic rings. The Morgan fingerprint density at radius 2 is 2.08 bits per heavy atom. The van der Waals surface area contributed by atoms with Crippen molar-refractivity contribution in [2.24, 2.45) is 17.5 Å². The number of nitrogens with one attached hydrogen (secondary N) is 2. The molecule has 1 fully saturated rings. The van der Waals surface area contributed by atoms with Crippen LogP contribution in [0.2, 0.25) is 0 Å². The highest BCUT2D eigenvalue weighted by molar-refractivity contribution is 14.0. The van der Waals surface area contributed by atoms with Gasteiger partial charge in [-0.25, -0.2) is 9.98 Å². The third kappa shape index (κ3) is 7.08. The maximum absolute atomic E-state index is 5.59. The second-order valence-corrected chi connectivity index (χ2v) is 6.50. The van der Waals surface area contributed by atoms with E-state index in [4.69, 9.17) is 4.74 Å². The molecule has 0 atom stereocenters. The summed E-state index contributed by atoms with van der Waals surface area (Å²) in [6, 6.07) is 0. The van der Waals surface area contributed by atoms with Gasteiger partial charge in [-0.15, -0.1) is 24.0 Å². The van der Waals surface area contributed by atoms with E-state index in [1.807, 2.05) is 7.05 Å². The first-order valence-electron chi connectivity index (χ1n) is 9.12. The van der Waals surface area contributed by atoms with Crippen LogP contribution in [-0.4, -0.2) is 47.0 Å². The molecule has 0 aliphatic heterocycles. The van der Waals surface area contributed by atoms with Crippen molar-refractivity contribution in [3.63, 3.8) is 0 Å². The topological polar surface area (TPSA) is 76.4 Å². The van der Waals surface area contributed by atoms with Crippen LogP contribution in [0.3, 0.4) is 0 Å². The summed E-state index contributed by atoms with van der Waals surface area (Å²) < 4.78 is 7.35. The van der Waals surface area contributed by atoms with Gasteiger partial charge in [0.1, 0.15) is 18.7 Å². The third-order valence-corrected chi connectivity index (χ3v) is 4.80. The fourth-order valence-electron chi connectivity index (χ4n) is 3.30. The van der Waals surface area contributed by atoms with E-state index >= 15 is 0 Å². The number of nitrogens with zero attached hydrogens (tertiary/aromatic N) is 4. The molecule has 1 aromatic heterocycles. The molecule has 0 bridgehead atoms. The standard InChI is InChI=1S/C17H32N6O.HI/c1-4-18-16(19-12-15-21-14-22-23(15)3)20-13-17(8-6-7-9-17)10-11-24-5-2;/h14H,4-13H2,1-3H3,(H2,18,19,20);1H. The Labute approximate surface area is 168 Å². The van der Waals surface area contributed by atoms with Crippen LogP contribution in [0.15, 0.2) is 11.3 Å². The Morgan fingerprint density at radius 1 is 1.32 bits per heavy atom. The Morgan fingerprint density at radius 3 is 2.68 bits per heavy atom. The molecule has 1 aliphatic carbocycles. The number of guanidine groups is 1. The molecule has 0 radical (unpaired) electrons. The van der Waals surface area contributed by atoms with Gasteiger partial charge >= 0.3 is 0 Å². The Hall–Kier alpha value is -0.900.